The minimum Gasteiger partial charge on any atom is -0.487 e. The minimum absolute atomic E-state index is 0.0649. The number of hydrogen-bond acceptors (Lipinski definition) is 7. The fourth-order valence-electron chi connectivity index (χ4n) is 6.78. The molecule has 6 rings (SSSR count). The summed E-state index contributed by atoms with van der Waals surface area (Å²) in [6, 6.07) is 19.1. The molecule has 0 aliphatic carbocycles. The van der Waals surface area contributed by atoms with Gasteiger partial charge < -0.3 is 9.47 Å². The quantitative estimate of drug-likeness (QED) is 0.196. The van der Waals surface area contributed by atoms with E-state index >= 15 is 0 Å². The van der Waals surface area contributed by atoms with Crippen LogP contribution in [0.5, 0.6) is 5.75 Å². The molecule has 5 aromatic rings. The maximum atomic E-state index is 13.3. The van der Waals surface area contributed by atoms with Crippen molar-refractivity contribution in [2.24, 2.45) is 12.5 Å². The third-order valence-corrected chi connectivity index (χ3v) is 9.36. The van der Waals surface area contributed by atoms with E-state index in [1.165, 1.54) is 23.8 Å². The Bertz CT molecular complexity index is 1860. The molecule has 0 amide bonds. The van der Waals surface area contributed by atoms with Crippen molar-refractivity contribution in [3.63, 3.8) is 0 Å². The highest BCUT2D eigenvalue weighted by Gasteiger charge is 2.41. The predicted octanol–water partition coefficient (Wildman–Crippen LogP) is 6.64. The van der Waals surface area contributed by atoms with Crippen LogP contribution in [0.15, 0.2) is 60.8 Å². The van der Waals surface area contributed by atoms with Crippen LogP contribution in [-0.4, -0.2) is 50.6 Å². The SMILES string of the molecule is CC[C@@H]1CN(Cc2cc(C(c3ccc4c(nnn4C)c3C)C(C)(C)C(=O)OC)ccc2C)Cc2c(cnc3ccccc23)O1. The van der Waals surface area contributed by atoms with Gasteiger partial charge in [0.15, 0.2) is 0 Å². The Labute approximate surface area is 259 Å². The molecule has 8 nitrogen and oxygen atoms in total. The predicted molar refractivity (Wildman–Crippen MR) is 173 cm³/mol. The summed E-state index contributed by atoms with van der Waals surface area (Å²) in [5, 5.41) is 9.82. The average Bonchev–Trinajstić information content (AvgIpc) is 3.30. The Hall–Kier alpha value is -4.30. The van der Waals surface area contributed by atoms with Crippen molar-refractivity contribution in [2.75, 3.05) is 13.7 Å². The maximum Gasteiger partial charge on any atom is 0.312 e. The molecule has 0 saturated carbocycles. The number of rotatable bonds is 7. The largest absolute Gasteiger partial charge is 0.487 e. The molecule has 3 heterocycles. The lowest BCUT2D eigenvalue weighted by Crippen LogP contribution is -2.34. The number of carbonyl (C=O) groups is 1. The Kier molecular flexibility index (Phi) is 7.88. The second-order valence-electron chi connectivity index (χ2n) is 12.6. The number of methoxy groups -OCH3 is 1. The van der Waals surface area contributed by atoms with Gasteiger partial charge in [0, 0.05) is 43.5 Å². The van der Waals surface area contributed by atoms with E-state index in [2.05, 4.69) is 83.4 Å². The molecule has 0 bridgehead atoms. The van der Waals surface area contributed by atoms with Crippen LogP contribution >= 0.6 is 0 Å². The van der Waals surface area contributed by atoms with Crippen LogP contribution in [0.1, 0.15) is 66.5 Å². The molecule has 228 valence electrons. The van der Waals surface area contributed by atoms with Gasteiger partial charge in [-0.15, -0.1) is 5.10 Å². The third-order valence-electron chi connectivity index (χ3n) is 9.36. The second-order valence-corrected chi connectivity index (χ2v) is 12.6. The molecule has 0 saturated heterocycles. The molecule has 0 fully saturated rings. The number of ether oxygens (including phenoxy) is 2. The topological polar surface area (TPSA) is 82.4 Å². The molecule has 1 unspecified atom stereocenters. The number of aromatic nitrogens is 4. The fourth-order valence-corrected chi connectivity index (χ4v) is 6.78. The summed E-state index contributed by atoms with van der Waals surface area (Å²) in [4.78, 5) is 20.5. The first-order valence-electron chi connectivity index (χ1n) is 15.3. The molecular formula is C36H41N5O3. The number of carbonyl (C=O) groups excluding carboxylic acids is 1. The smallest absolute Gasteiger partial charge is 0.312 e. The first-order valence-corrected chi connectivity index (χ1v) is 15.3. The molecule has 0 N–H and O–H groups in total. The first kappa shape index (κ1) is 29.8. The maximum absolute atomic E-state index is 13.3. The molecule has 2 aromatic heterocycles. The Balaban J connectivity index is 1.42. The van der Waals surface area contributed by atoms with Crippen molar-refractivity contribution >= 4 is 27.9 Å². The fraction of sp³-hybridized carbons (Fsp3) is 0.389. The molecule has 1 aliphatic rings. The molecular weight excluding hydrogens is 550 g/mol. The van der Waals surface area contributed by atoms with E-state index in [-0.39, 0.29) is 18.0 Å². The highest BCUT2D eigenvalue weighted by Crippen LogP contribution is 2.44. The van der Waals surface area contributed by atoms with E-state index in [9.17, 15) is 4.79 Å². The van der Waals surface area contributed by atoms with E-state index < -0.39 is 5.41 Å². The van der Waals surface area contributed by atoms with Gasteiger partial charge >= 0.3 is 5.97 Å². The molecule has 3 aromatic carbocycles. The van der Waals surface area contributed by atoms with Gasteiger partial charge in [-0.1, -0.05) is 54.6 Å². The summed E-state index contributed by atoms with van der Waals surface area (Å²) >= 11 is 0. The zero-order valence-electron chi connectivity index (χ0n) is 26.7. The van der Waals surface area contributed by atoms with Crippen molar-refractivity contribution in [1.29, 1.82) is 0 Å². The van der Waals surface area contributed by atoms with Crippen molar-refractivity contribution < 1.29 is 14.3 Å². The Morgan fingerprint density at radius 2 is 1.93 bits per heavy atom. The van der Waals surface area contributed by atoms with E-state index in [0.717, 1.165) is 70.4 Å². The van der Waals surface area contributed by atoms with Gasteiger partial charge in [0.1, 0.15) is 17.4 Å². The van der Waals surface area contributed by atoms with Gasteiger partial charge in [-0.25, -0.2) is 4.68 Å². The van der Waals surface area contributed by atoms with Gasteiger partial charge in [-0.05, 0) is 74.1 Å². The number of esters is 1. The number of para-hydroxylation sites is 1. The van der Waals surface area contributed by atoms with E-state index in [4.69, 9.17) is 9.47 Å². The summed E-state index contributed by atoms with van der Waals surface area (Å²) < 4.78 is 13.6. The van der Waals surface area contributed by atoms with Crippen molar-refractivity contribution in [3.05, 3.63) is 94.2 Å². The lowest BCUT2D eigenvalue weighted by atomic mass is 9.69. The minimum atomic E-state index is -0.837. The number of pyridine rings is 1. The van der Waals surface area contributed by atoms with Crippen LogP contribution in [0.4, 0.5) is 0 Å². The monoisotopic (exact) mass is 591 g/mol. The van der Waals surface area contributed by atoms with Gasteiger partial charge in [0.2, 0.25) is 0 Å². The number of aryl methyl sites for hydroxylation is 3. The van der Waals surface area contributed by atoms with Crippen molar-refractivity contribution in [2.45, 2.75) is 66.2 Å². The first-order chi connectivity index (χ1) is 21.1. The third kappa shape index (κ3) is 5.21. The van der Waals surface area contributed by atoms with E-state index in [1.54, 1.807) is 4.68 Å². The van der Waals surface area contributed by atoms with Crippen LogP contribution in [0.2, 0.25) is 0 Å². The summed E-state index contributed by atoms with van der Waals surface area (Å²) in [5.41, 5.74) is 8.70. The second kappa shape index (κ2) is 11.7. The molecule has 0 radical (unpaired) electrons. The number of benzene rings is 3. The van der Waals surface area contributed by atoms with Crippen molar-refractivity contribution in [3.8, 4) is 5.75 Å². The van der Waals surface area contributed by atoms with Crippen LogP contribution in [0, 0.1) is 19.3 Å². The zero-order chi connectivity index (χ0) is 31.2. The van der Waals surface area contributed by atoms with Crippen LogP contribution in [0.3, 0.4) is 0 Å². The van der Waals surface area contributed by atoms with Gasteiger partial charge in [0.05, 0.1) is 29.8 Å². The van der Waals surface area contributed by atoms with E-state index in [0.29, 0.717) is 0 Å². The Morgan fingerprint density at radius 1 is 1.14 bits per heavy atom. The lowest BCUT2D eigenvalue weighted by molar-refractivity contribution is -0.151. The number of fused-ring (bicyclic) bond motifs is 4. The summed E-state index contributed by atoms with van der Waals surface area (Å²) in [5.74, 6) is 0.362. The van der Waals surface area contributed by atoms with Gasteiger partial charge in [-0.2, -0.15) is 0 Å². The molecule has 1 aliphatic heterocycles. The van der Waals surface area contributed by atoms with Crippen LogP contribution in [-0.2, 0) is 29.7 Å². The summed E-state index contributed by atoms with van der Waals surface area (Å²) in [6.07, 6.45) is 2.85. The molecule has 2 atom stereocenters. The Morgan fingerprint density at radius 3 is 2.70 bits per heavy atom. The van der Waals surface area contributed by atoms with Crippen LogP contribution < -0.4 is 4.74 Å². The lowest BCUT2D eigenvalue weighted by Gasteiger charge is -2.34. The zero-order valence-corrected chi connectivity index (χ0v) is 26.7. The van der Waals surface area contributed by atoms with Gasteiger partial charge in [0.25, 0.3) is 0 Å². The van der Waals surface area contributed by atoms with Crippen molar-refractivity contribution in [1.82, 2.24) is 24.9 Å². The van der Waals surface area contributed by atoms with Crippen LogP contribution in [0.25, 0.3) is 21.9 Å². The molecule has 44 heavy (non-hydrogen) atoms. The molecule has 0 spiro atoms. The summed E-state index contributed by atoms with van der Waals surface area (Å²) in [6.45, 7) is 12.7. The number of nitrogens with zero attached hydrogens (tertiary/aromatic N) is 5. The highest BCUT2D eigenvalue weighted by molar-refractivity contribution is 5.84. The average molecular weight is 592 g/mol. The summed E-state index contributed by atoms with van der Waals surface area (Å²) in [7, 11) is 3.36. The standard InChI is InChI=1S/C36H41N5O3/c1-8-26-20-41(21-29-28-11-9-10-12-30(28)37-18-32(29)44-26)19-25-17-24(14-13-22(25)2)33(36(4,5)35(42)43-7)27-15-16-31-34(23(27)3)38-39-40(31)6/h9-18,26,33H,8,19-21H2,1-7H3/t26-,33?/m1/s1. The normalized spacial score (nSPS) is 16.4. The highest BCUT2D eigenvalue weighted by atomic mass is 16.5. The van der Waals surface area contributed by atoms with Gasteiger partial charge in [-0.3, -0.25) is 14.7 Å². The van der Waals surface area contributed by atoms with E-state index in [1.807, 2.05) is 39.2 Å². The molecule has 8 heteroatoms. The number of hydrogen-bond donors (Lipinski definition) is 0.